The Labute approximate surface area is 123 Å². The lowest BCUT2D eigenvalue weighted by atomic mass is 10.2. The van der Waals surface area contributed by atoms with Crippen LogP contribution >= 0.6 is 15.9 Å². The van der Waals surface area contributed by atoms with Crippen LogP contribution in [0.5, 0.6) is 0 Å². The number of benzene rings is 1. The summed E-state index contributed by atoms with van der Waals surface area (Å²) >= 11 is 3.12. The molecule has 1 aliphatic heterocycles. The van der Waals surface area contributed by atoms with E-state index in [0.717, 1.165) is 0 Å². The number of ether oxygens (including phenoxy) is 1. The summed E-state index contributed by atoms with van der Waals surface area (Å²) in [6, 6.07) is 3.79. The van der Waals surface area contributed by atoms with Gasteiger partial charge in [-0.2, -0.15) is 0 Å². The fourth-order valence-corrected chi connectivity index (χ4v) is 2.54. The number of rotatable bonds is 4. The molecule has 1 aromatic rings. The largest absolute Gasteiger partial charge is 0.479 e. The summed E-state index contributed by atoms with van der Waals surface area (Å²) in [6.45, 7) is 0.229. The summed E-state index contributed by atoms with van der Waals surface area (Å²) in [5.41, 5.74) is 0.319. The summed E-state index contributed by atoms with van der Waals surface area (Å²) < 4.78 is 18.6. The molecule has 1 fully saturated rings. The molecular formula is C13H13BrFNO4. The van der Waals surface area contributed by atoms with E-state index in [0.29, 0.717) is 22.9 Å². The fraction of sp³-hybridized carbons (Fsp3) is 0.385. The predicted octanol–water partition coefficient (Wildman–Crippen LogP) is 1.95. The maximum Gasteiger partial charge on any atom is 0.332 e. The van der Waals surface area contributed by atoms with Crippen molar-refractivity contribution < 1.29 is 23.8 Å². The van der Waals surface area contributed by atoms with Gasteiger partial charge < -0.3 is 15.2 Å². The van der Waals surface area contributed by atoms with Gasteiger partial charge in [-0.25, -0.2) is 9.18 Å². The van der Waals surface area contributed by atoms with E-state index >= 15 is 0 Å². The minimum absolute atomic E-state index is 0.229. The monoisotopic (exact) mass is 345 g/mol. The van der Waals surface area contributed by atoms with Crippen LogP contribution in [0, 0.1) is 5.82 Å². The fourth-order valence-electron chi connectivity index (χ4n) is 2.01. The van der Waals surface area contributed by atoms with E-state index in [2.05, 4.69) is 21.2 Å². The molecule has 0 aliphatic carbocycles. The van der Waals surface area contributed by atoms with Crippen LogP contribution in [-0.2, 0) is 9.53 Å². The zero-order chi connectivity index (χ0) is 14.7. The molecule has 7 heteroatoms. The topological polar surface area (TPSA) is 75.6 Å². The van der Waals surface area contributed by atoms with Crippen LogP contribution in [0.4, 0.5) is 4.39 Å². The van der Waals surface area contributed by atoms with E-state index < -0.39 is 17.9 Å². The van der Waals surface area contributed by atoms with Crippen LogP contribution in [0.3, 0.4) is 0 Å². The van der Waals surface area contributed by atoms with Gasteiger partial charge in [0.05, 0.1) is 11.7 Å². The van der Waals surface area contributed by atoms with E-state index in [9.17, 15) is 14.0 Å². The summed E-state index contributed by atoms with van der Waals surface area (Å²) in [6.07, 6.45) is -0.0773. The second kappa shape index (κ2) is 6.32. The minimum Gasteiger partial charge on any atom is -0.479 e. The maximum absolute atomic E-state index is 12.9. The Bertz CT molecular complexity index is 537. The van der Waals surface area contributed by atoms with Gasteiger partial charge in [-0.3, -0.25) is 4.79 Å². The molecule has 20 heavy (non-hydrogen) atoms. The van der Waals surface area contributed by atoms with Crippen LogP contribution in [0.15, 0.2) is 22.7 Å². The molecule has 0 radical (unpaired) electrons. The Morgan fingerprint density at radius 2 is 2.20 bits per heavy atom. The number of hydrogen-bond acceptors (Lipinski definition) is 3. The minimum atomic E-state index is -0.986. The molecule has 1 heterocycles. The average Bonchev–Trinajstić information content (AvgIpc) is 2.85. The number of carbonyl (C=O) groups is 2. The molecular weight excluding hydrogens is 333 g/mol. The number of carboxylic acids is 1. The van der Waals surface area contributed by atoms with Gasteiger partial charge in [0.15, 0.2) is 6.10 Å². The van der Waals surface area contributed by atoms with Crippen molar-refractivity contribution in [2.75, 3.05) is 6.54 Å². The van der Waals surface area contributed by atoms with Gasteiger partial charge in [-0.15, -0.1) is 0 Å². The summed E-state index contributed by atoms with van der Waals surface area (Å²) in [5, 5.41) is 11.4. The lowest BCUT2D eigenvalue weighted by Gasteiger charge is -2.13. The maximum atomic E-state index is 12.9. The van der Waals surface area contributed by atoms with Gasteiger partial charge in [-0.05, 0) is 47.0 Å². The van der Waals surface area contributed by atoms with Crippen molar-refractivity contribution in [2.24, 2.45) is 0 Å². The molecule has 2 unspecified atom stereocenters. The van der Waals surface area contributed by atoms with Crippen LogP contribution in [0.2, 0.25) is 0 Å². The highest BCUT2D eigenvalue weighted by Gasteiger charge is 2.30. The van der Waals surface area contributed by atoms with E-state index in [1.165, 1.54) is 18.2 Å². The van der Waals surface area contributed by atoms with Crippen LogP contribution in [0.25, 0.3) is 0 Å². The first-order valence-electron chi connectivity index (χ1n) is 6.09. The third kappa shape index (κ3) is 3.55. The van der Waals surface area contributed by atoms with Crippen molar-refractivity contribution in [2.45, 2.75) is 25.0 Å². The summed E-state index contributed by atoms with van der Waals surface area (Å²) in [4.78, 5) is 22.6. The van der Waals surface area contributed by atoms with Crippen LogP contribution in [0.1, 0.15) is 23.2 Å². The van der Waals surface area contributed by atoms with Gasteiger partial charge in [0, 0.05) is 11.0 Å². The Balaban J connectivity index is 1.88. The molecule has 2 N–H and O–H groups in total. The van der Waals surface area contributed by atoms with Crippen LogP contribution < -0.4 is 5.32 Å². The van der Waals surface area contributed by atoms with E-state index in [-0.39, 0.29) is 18.6 Å². The van der Waals surface area contributed by atoms with Gasteiger partial charge >= 0.3 is 5.97 Å². The third-order valence-corrected chi connectivity index (χ3v) is 3.71. The molecule has 108 valence electrons. The highest BCUT2D eigenvalue weighted by molar-refractivity contribution is 9.10. The van der Waals surface area contributed by atoms with Crippen molar-refractivity contribution in [3.05, 3.63) is 34.1 Å². The average molecular weight is 346 g/mol. The Morgan fingerprint density at radius 3 is 2.80 bits per heavy atom. The zero-order valence-corrected chi connectivity index (χ0v) is 12.0. The highest BCUT2D eigenvalue weighted by Crippen LogP contribution is 2.20. The highest BCUT2D eigenvalue weighted by atomic mass is 79.9. The lowest BCUT2D eigenvalue weighted by Crippen LogP contribution is -2.33. The lowest BCUT2D eigenvalue weighted by molar-refractivity contribution is -0.149. The molecule has 1 aliphatic rings. The quantitative estimate of drug-likeness (QED) is 0.874. The van der Waals surface area contributed by atoms with Crippen molar-refractivity contribution in [3.63, 3.8) is 0 Å². The van der Waals surface area contributed by atoms with Gasteiger partial charge in [0.1, 0.15) is 5.82 Å². The van der Waals surface area contributed by atoms with E-state index in [4.69, 9.17) is 9.84 Å². The molecule has 0 bridgehead atoms. The predicted molar refractivity (Wildman–Crippen MR) is 72.0 cm³/mol. The zero-order valence-electron chi connectivity index (χ0n) is 10.4. The number of aliphatic carboxylic acids is 1. The molecule has 1 amide bonds. The molecule has 0 aromatic heterocycles. The Morgan fingerprint density at radius 1 is 1.45 bits per heavy atom. The molecule has 1 aromatic carbocycles. The Kier molecular flexibility index (Phi) is 4.72. The number of carboxylic acid groups (broad SMARTS) is 1. The molecule has 0 saturated carbocycles. The van der Waals surface area contributed by atoms with Gasteiger partial charge in [0.25, 0.3) is 5.91 Å². The number of halogens is 2. The second-order valence-electron chi connectivity index (χ2n) is 4.50. The van der Waals surface area contributed by atoms with E-state index in [1.807, 2.05) is 0 Å². The van der Waals surface area contributed by atoms with Crippen molar-refractivity contribution in [1.29, 1.82) is 0 Å². The summed E-state index contributed by atoms with van der Waals surface area (Å²) in [7, 11) is 0. The number of carbonyl (C=O) groups excluding carboxylic acids is 1. The SMILES string of the molecule is O=C(NCC1CCC(C(=O)O)O1)c1ccc(F)cc1Br. The summed E-state index contributed by atoms with van der Waals surface area (Å²) in [5.74, 6) is -1.78. The first-order chi connectivity index (χ1) is 9.47. The van der Waals surface area contributed by atoms with Crippen molar-refractivity contribution in [3.8, 4) is 0 Å². The third-order valence-electron chi connectivity index (χ3n) is 3.05. The number of amides is 1. The second-order valence-corrected chi connectivity index (χ2v) is 5.35. The number of nitrogens with one attached hydrogen (secondary N) is 1. The van der Waals surface area contributed by atoms with Crippen molar-refractivity contribution in [1.82, 2.24) is 5.32 Å². The van der Waals surface area contributed by atoms with Crippen LogP contribution in [-0.4, -0.2) is 35.7 Å². The first-order valence-corrected chi connectivity index (χ1v) is 6.88. The Hall–Kier alpha value is -1.47. The first kappa shape index (κ1) is 14.9. The van der Waals surface area contributed by atoms with Crippen molar-refractivity contribution >= 4 is 27.8 Å². The van der Waals surface area contributed by atoms with Gasteiger partial charge in [0.2, 0.25) is 0 Å². The molecule has 1 saturated heterocycles. The van der Waals surface area contributed by atoms with E-state index in [1.54, 1.807) is 0 Å². The molecule has 0 spiro atoms. The standard InChI is InChI=1S/C13H13BrFNO4/c14-10-5-7(15)1-3-9(10)12(17)16-6-8-2-4-11(20-8)13(18)19/h1,3,5,8,11H,2,4,6H2,(H,16,17)(H,18,19). The molecule has 5 nitrogen and oxygen atoms in total. The normalized spacial score (nSPS) is 21.7. The molecule has 2 rings (SSSR count). The number of hydrogen-bond donors (Lipinski definition) is 2. The van der Waals surface area contributed by atoms with Gasteiger partial charge in [-0.1, -0.05) is 0 Å². The smallest absolute Gasteiger partial charge is 0.332 e. The molecule has 2 atom stereocenters.